The fourth-order valence-corrected chi connectivity index (χ4v) is 7.18. The van der Waals surface area contributed by atoms with Crippen LogP contribution in [-0.2, 0) is 19.2 Å². The molecule has 16 heteroatoms. The van der Waals surface area contributed by atoms with Crippen molar-refractivity contribution in [1.82, 2.24) is 30.6 Å². The van der Waals surface area contributed by atoms with Crippen LogP contribution in [0.1, 0.15) is 25.7 Å². The van der Waals surface area contributed by atoms with Crippen LogP contribution in [0.3, 0.4) is 0 Å². The molecular weight excluding hydrogens is 687 g/mol. The van der Waals surface area contributed by atoms with Gasteiger partial charge >= 0.3 is 0 Å². The van der Waals surface area contributed by atoms with Gasteiger partial charge in [0.25, 0.3) is 23.6 Å². The van der Waals surface area contributed by atoms with E-state index in [4.69, 9.17) is 32.7 Å². The van der Waals surface area contributed by atoms with Gasteiger partial charge in [0, 0.05) is 60.3 Å². The van der Waals surface area contributed by atoms with Crippen LogP contribution in [0.4, 0.5) is 11.6 Å². The molecule has 4 aliphatic rings. The second-order valence-corrected chi connectivity index (χ2v) is 13.1. The Balaban J connectivity index is 1.08. The van der Waals surface area contributed by atoms with Crippen LogP contribution >= 0.6 is 23.2 Å². The van der Waals surface area contributed by atoms with E-state index in [1.54, 1.807) is 12.1 Å². The standard InChI is InChI=1S/C34H28Cl2N8O6/c35-29-19(3-1-5-21(29)23-11-37-31-33(41-23)49-15-27(47)43(31)13-17-7-9-25(45)39-17)20-4-2-6-22(30(20)36)24-12-38-32-34(42-24)50-16-28(48)44(32)14-18-8-10-26(46)40-18/h1-6,11-12,17-18H,7-10,13-16H2,(H,39,45)(H,40,46)/t17-,18-/m0/s1. The molecule has 2 aromatic heterocycles. The minimum atomic E-state index is -0.268. The lowest BCUT2D eigenvalue weighted by Gasteiger charge is -2.29. The van der Waals surface area contributed by atoms with Gasteiger partial charge in [-0.25, -0.2) is 19.9 Å². The first kappa shape index (κ1) is 31.9. The number of anilines is 2. The third-order valence-electron chi connectivity index (χ3n) is 9.04. The normalized spacial score (nSPS) is 19.8. The quantitative estimate of drug-likeness (QED) is 0.289. The molecule has 2 fully saturated rings. The number of aromatic nitrogens is 4. The second-order valence-electron chi connectivity index (χ2n) is 12.3. The lowest BCUT2D eigenvalue weighted by atomic mass is 9.98. The molecule has 50 heavy (non-hydrogen) atoms. The molecule has 0 bridgehead atoms. The largest absolute Gasteiger partial charge is 0.465 e. The molecule has 2 atom stereocenters. The summed E-state index contributed by atoms with van der Waals surface area (Å²) < 4.78 is 11.3. The van der Waals surface area contributed by atoms with Crippen molar-refractivity contribution in [1.29, 1.82) is 0 Å². The van der Waals surface area contributed by atoms with Crippen LogP contribution in [-0.4, -0.2) is 82.0 Å². The zero-order valence-corrected chi connectivity index (χ0v) is 27.8. The highest BCUT2D eigenvalue weighted by atomic mass is 35.5. The molecule has 4 amide bonds. The van der Waals surface area contributed by atoms with E-state index in [0.717, 1.165) is 0 Å². The molecule has 0 saturated carbocycles. The third kappa shape index (κ3) is 5.83. The van der Waals surface area contributed by atoms with E-state index >= 15 is 0 Å². The van der Waals surface area contributed by atoms with Crippen molar-refractivity contribution >= 4 is 58.5 Å². The Labute approximate surface area is 295 Å². The summed E-state index contributed by atoms with van der Waals surface area (Å²) in [5, 5.41) is 6.49. The number of carbonyl (C=O) groups excluding carboxylic acids is 4. The number of carbonyl (C=O) groups is 4. The average Bonchev–Trinajstić information content (AvgIpc) is 3.73. The smallest absolute Gasteiger partial charge is 0.266 e. The van der Waals surface area contributed by atoms with Gasteiger partial charge in [-0.1, -0.05) is 59.6 Å². The fourth-order valence-electron chi connectivity index (χ4n) is 6.53. The number of benzene rings is 2. The van der Waals surface area contributed by atoms with Crippen LogP contribution in [0.25, 0.3) is 33.6 Å². The maximum Gasteiger partial charge on any atom is 0.266 e. The Morgan fingerprint density at radius 3 is 1.48 bits per heavy atom. The molecule has 2 saturated heterocycles. The highest BCUT2D eigenvalue weighted by Crippen LogP contribution is 2.43. The maximum absolute atomic E-state index is 12.7. The molecule has 8 rings (SSSR count). The Kier molecular flexibility index (Phi) is 8.19. The van der Waals surface area contributed by atoms with Gasteiger partial charge < -0.3 is 20.1 Å². The number of nitrogens with one attached hydrogen (secondary N) is 2. The van der Waals surface area contributed by atoms with Crippen molar-refractivity contribution in [2.45, 2.75) is 37.8 Å². The summed E-state index contributed by atoms with van der Waals surface area (Å²) in [6.45, 7) is 0.145. The number of nitrogens with zero attached hydrogens (tertiary/aromatic N) is 6. The number of rotatable bonds is 7. The van der Waals surface area contributed by atoms with Crippen LogP contribution in [0.2, 0.25) is 10.0 Å². The monoisotopic (exact) mass is 714 g/mol. The van der Waals surface area contributed by atoms with Gasteiger partial charge in [-0.2, -0.15) is 0 Å². The van der Waals surface area contributed by atoms with Crippen LogP contribution in [0, 0.1) is 0 Å². The van der Waals surface area contributed by atoms with Gasteiger partial charge in [0.05, 0.1) is 33.8 Å². The summed E-state index contributed by atoms with van der Waals surface area (Å²) in [7, 11) is 0. The summed E-state index contributed by atoms with van der Waals surface area (Å²) in [5.41, 5.74) is 3.26. The minimum Gasteiger partial charge on any atom is -0.465 e. The van der Waals surface area contributed by atoms with Crippen molar-refractivity contribution in [2.24, 2.45) is 0 Å². The Bertz CT molecular complexity index is 1950. The molecule has 2 N–H and O–H groups in total. The number of hydrogen-bond donors (Lipinski definition) is 2. The number of ether oxygens (including phenoxy) is 2. The summed E-state index contributed by atoms with van der Waals surface area (Å²) in [4.78, 5) is 70.2. The van der Waals surface area contributed by atoms with Gasteiger partial charge in [-0.3, -0.25) is 29.0 Å². The predicted octanol–water partition coefficient (Wildman–Crippen LogP) is 3.58. The van der Waals surface area contributed by atoms with Crippen LogP contribution in [0.15, 0.2) is 48.8 Å². The molecule has 0 spiro atoms. The number of hydrogen-bond acceptors (Lipinski definition) is 10. The lowest BCUT2D eigenvalue weighted by Crippen LogP contribution is -2.46. The summed E-state index contributed by atoms with van der Waals surface area (Å²) in [6, 6.07) is 10.6. The van der Waals surface area contributed by atoms with Crippen molar-refractivity contribution < 1.29 is 28.7 Å². The summed E-state index contributed by atoms with van der Waals surface area (Å²) >= 11 is 14.1. The summed E-state index contributed by atoms with van der Waals surface area (Å²) in [6.07, 6.45) is 5.16. The SMILES string of the molecule is O=C1CC[C@@H](CN2C(=O)COc3nc(-c4cccc(-c5cccc(-c6cnc7c(n6)OCC(=O)N7C[C@@H]6CCC(=O)N6)c5Cl)c4Cl)cnc32)N1. The Morgan fingerprint density at radius 2 is 1.08 bits per heavy atom. The topological polar surface area (TPSA) is 169 Å². The molecule has 14 nitrogen and oxygen atoms in total. The van der Waals surface area contributed by atoms with Gasteiger partial charge in [-0.05, 0) is 12.8 Å². The van der Waals surface area contributed by atoms with E-state index in [9.17, 15) is 19.2 Å². The number of fused-ring (bicyclic) bond motifs is 2. The predicted molar refractivity (Wildman–Crippen MR) is 182 cm³/mol. The number of amides is 4. The molecule has 0 radical (unpaired) electrons. The van der Waals surface area contributed by atoms with Gasteiger partial charge in [0.2, 0.25) is 11.8 Å². The van der Waals surface area contributed by atoms with Gasteiger partial charge in [0.1, 0.15) is 0 Å². The maximum atomic E-state index is 12.7. The molecule has 4 aromatic rings. The summed E-state index contributed by atoms with van der Waals surface area (Å²) in [5.74, 6) is 0.317. The van der Waals surface area contributed by atoms with Crippen molar-refractivity contribution in [3.63, 3.8) is 0 Å². The zero-order chi connectivity index (χ0) is 34.5. The van der Waals surface area contributed by atoms with Gasteiger partial charge in [0.15, 0.2) is 24.8 Å². The molecule has 0 aliphatic carbocycles. The fraction of sp³-hybridized carbons (Fsp3) is 0.294. The third-order valence-corrected chi connectivity index (χ3v) is 9.85. The van der Waals surface area contributed by atoms with E-state index in [2.05, 4.69) is 30.6 Å². The Hall–Kier alpha value is -5.34. The molecule has 2 aromatic carbocycles. The molecular formula is C34H28Cl2N8O6. The van der Waals surface area contributed by atoms with E-state index in [-0.39, 0.29) is 85.4 Å². The second kappa shape index (κ2) is 12.8. The van der Waals surface area contributed by atoms with Crippen molar-refractivity contribution in [3.8, 4) is 45.4 Å². The van der Waals surface area contributed by atoms with E-state index in [1.807, 2.05) is 24.3 Å². The number of halogens is 2. The average molecular weight is 716 g/mol. The van der Waals surface area contributed by atoms with E-state index in [0.29, 0.717) is 69.4 Å². The first-order chi connectivity index (χ1) is 24.2. The molecule has 6 heterocycles. The molecule has 254 valence electrons. The van der Waals surface area contributed by atoms with Crippen LogP contribution in [0.5, 0.6) is 11.8 Å². The molecule has 4 aliphatic heterocycles. The van der Waals surface area contributed by atoms with Crippen molar-refractivity contribution in [2.75, 3.05) is 36.1 Å². The Morgan fingerprint density at radius 1 is 0.660 bits per heavy atom. The first-order valence-electron chi connectivity index (χ1n) is 16.0. The molecule has 0 unspecified atom stereocenters. The van der Waals surface area contributed by atoms with Crippen molar-refractivity contribution in [3.05, 3.63) is 58.8 Å². The van der Waals surface area contributed by atoms with E-state index in [1.165, 1.54) is 22.2 Å². The zero-order valence-electron chi connectivity index (χ0n) is 26.3. The highest BCUT2D eigenvalue weighted by molar-refractivity contribution is 6.39. The highest BCUT2D eigenvalue weighted by Gasteiger charge is 2.34. The minimum absolute atomic E-state index is 0.0422. The first-order valence-corrected chi connectivity index (χ1v) is 16.8. The van der Waals surface area contributed by atoms with Crippen LogP contribution < -0.4 is 29.9 Å². The lowest BCUT2D eigenvalue weighted by molar-refractivity contribution is -0.122. The van der Waals surface area contributed by atoms with E-state index < -0.39 is 0 Å². The van der Waals surface area contributed by atoms with Gasteiger partial charge in [-0.15, -0.1) is 0 Å².